The summed E-state index contributed by atoms with van der Waals surface area (Å²) >= 11 is 12.3. The smallest absolute Gasteiger partial charge is 0.266 e. The summed E-state index contributed by atoms with van der Waals surface area (Å²) in [6, 6.07) is 9.50. The number of hydrogen-bond donors (Lipinski definition) is 0. The summed E-state index contributed by atoms with van der Waals surface area (Å²) in [5, 5.41) is -0.0626. The molecule has 0 bridgehead atoms. The Kier molecular flexibility index (Phi) is 6.21. The molecule has 0 atom stereocenters. The van der Waals surface area contributed by atoms with Crippen LogP contribution < -0.4 is 13.8 Å². The SMILES string of the molecule is C=CCN(c1cccc(OC)c1)S(=O)(=O)c1ccc(OC)c(Cl)c1Cl. The second-order valence-corrected chi connectivity index (χ2v) is 7.51. The predicted octanol–water partition coefficient (Wildman–Crippen LogP) is 4.39. The molecule has 2 aromatic rings. The third-order valence-corrected chi connectivity index (χ3v) is 6.25. The number of nitrogens with zero attached hydrogens (tertiary/aromatic N) is 1. The molecule has 5 nitrogen and oxygen atoms in total. The number of hydrogen-bond acceptors (Lipinski definition) is 4. The predicted molar refractivity (Wildman–Crippen MR) is 101 cm³/mol. The average molecular weight is 402 g/mol. The molecule has 0 saturated heterocycles. The lowest BCUT2D eigenvalue weighted by Gasteiger charge is -2.24. The molecule has 8 heteroatoms. The number of rotatable bonds is 7. The van der Waals surface area contributed by atoms with E-state index in [-0.39, 0.29) is 21.5 Å². The normalized spacial score (nSPS) is 11.0. The highest BCUT2D eigenvalue weighted by molar-refractivity contribution is 7.93. The van der Waals surface area contributed by atoms with Crippen LogP contribution in [0.4, 0.5) is 5.69 Å². The fourth-order valence-corrected chi connectivity index (χ4v) is 4.46. The Bertz CT molecular complexity index is 884. The van der Waals surface area contributed by atoms with E-state index in [0.29, 0.717) is 17.2 Å². The van der Waals surface area contributed by atoms with Crippen molar-refractivity contribution in [1.29, 1.82) is 0 Å². The van der Waals surface area contributed by atoms with Crippen LogP contribution in [0.15, 0.2) is 53.9 Å². The Hall–Kier alpha value is -1.89. The first-order valence-electron chi connectivity index (χ1n) is 7.16. The van der Waals surface area contributed by atoms with E-state index in [1.54, 1.807) is 24.3 Å². The van der Waals surface area contributed by atoms with Crippen molar-refractivity contribution in [3.05, 3.63) is 59.1 Å². The standard InChI is InChI=1S/C17H17Cl2NO4S/c1-4-10-20(12-6-5-7-13(11-12)23-2)25(21,22)15-9-8-14(24-3)16(18)17(15)19/h4-9,11H,1,10H2,2-3H3. The van der Waals surface area contributed by atoms with Crippen molar-refractivity contribution in [2.45, 2.75) is 4.90 Å². The fourth-order valence-electron chi connectivity index (χ4n) is 2.21. The molecule has 0 fully saturated rings. The maximum absolute atomic E-state index is 13.1. The highest BCUT2D eigenvalue weighted by Gasteiger charge is 2.28. The lowest BCUT2D eigenvalue weighted by molar-refractivity contribution is 0.414. The molecule has 0 heterocycles. The summed E-state index contributed by atoms with van der Waals surface area (Å²) in [7, 11) is -1.06. The van der Waals surface area contributed by atoms with Gasteiger partial charge in [-0.05, 0) is 24.3 Å². The molecule has 2 rings (SSSR count). The van der Waals surface area contributed by atoms with Gasteiger partial charge in [-0.1, -0.05) is 35.3 Å². The van der Waals surface area contributed by atoms with E-state index in [2.05, 4.69) is 6.58 Å². The van der Waals surface area contributed by atoms with Gasteiger partial charge in [-0.2, -0.15) is 0 Å². The van der Waals surface area contributed by atoms with Gasteiger partial charge in [0.1, 0.15) is 21.4 Å². The van der Waals surface area contributed by atoms with Gasteiger partial charge in [0.15, 0.2) is 0 Å². The molecule has 0 aliphatic rings. The number of ether oxygens (including phenoxy) is 2. The zero-order chi connectivity index (χ0) is 18.6. The van der Waals surface area contributed by atoms with Crippen molar-refractivity contribution in [2.75, 3.05) is 25.1 Å². The minimum absolute atomic E-state index is 0.0365. The van der Waals surface area contributed by atoms with Gasteiger partial charge in [-0.3, -0.25) is 4.31 Å². The highest BCUT2D eigenvalue weighted by atomic mass is 35.5. The molecule has 0 saturated carbocycles. The van der Waals surface area contributed by atoms with E-state index in [4.69, 9.17) is 32.7 Å². The van der Waals surface area contributed by atoms with Crippen molar-refractivity contribution in [1.82, 2.24) is 0 Å². The molecular weight excluding hydrogens is 385 g/mol. The first-order valence-corrected chi connectivity index (χ1v) is 9.36. The van der Waals surface area contributed by atoms with Crippen LogP contribution in [0.1, 0.15) is 0 Å². The Morgan fingerprint density at radius 1 is 1.12 bits per heavy atom. The van der Waals surface area contributed by atoms with Crippen LogP contribution in [0, 0.1) is 0 Å². The summed E-state index contributed by atoms with van der Waals surface area (Å²) in [6.45, 7) is 3.68. The number of sulfonamides is 1. The molecule has 0 aromatic heterocycles. The lowest BCUT2D eigenvalue weighted by Crippen LogP contribution is -2.31. The Labute approximate surface area is 157 Å². The molecule has 0 radical (unpaired) electrons. The Morgan fingerprint density at radius 2 is 1.84 bits per heavy atom. The molecular formula is C17H17Cl2NO4S. The Balaban J connectivity index is 2.61. The molecule has 2 aromatic carbocycles. The number of anilines is 1. The van der Waals surface area contributed by atoms with E-state index in [0.717, 1.165) is 0 Å². The summed E-state index contributed by atoms with van der Waals surface area (Å²) < 4.78 is 37.7. The van der Waals surface area contributed by atoms with Gasteiger partial charge in [-0.15, -0.1) is 6.58 Å². The summed E-state index contributed by atoms with van der Waals surface area (Å²) in [4.78, 5) is -0.121. The molecule has 0 amide bonds. The van der Waals surface area contributed by atoms with E-state index in [1.165, 1.54) is 36.7 Å². The number of benzene rings is 2. The molecule has 25 heavy (non-hydrogen) atoms. The van der Waals surface area contributed by atoms with Crippen molar-refractivity contribution in [3.63, 3.8) is 0 Å². The minimum Gasteiger partial charge on any atom is -0.497 e. The van der Waals surface area contributed by atoms with E-state index in [1.807, 2.05) is 0 Å². The number of halogens is 2. The number of methoxy groups -OCH3 is 2. The van der Waals surface area contributed by atoms with Crippen molar-refractivity contribution < 1.29 is 17.9 Å². The van der Waals surface area contributed by atoms with Gasteiger partial charge in [0.2, 0.25) is 0 Å². The van der Waals surface area contributed by atoms with Gasteiger partial charge in [-0.25, -0.2) is 8.42 Å². The van der Waals surface area contributed by atoms with Gasteiger partial charge in [0, 0.05) is 6.07 Å². The van der Waals surface area contributed by atoms with Gasteiger partial charge in [0.05, 0.1) is 31.5 Å². The average Bonchev–Trinajstić information content (AvgIpc) is 2.61. The summed E-state index contributed by atoms with van der Waals surface area (Å²) in [5.74, 6) is 0.822. The van der Waals surface area contributed by atoms with Crippen LogP contribution in [0.5, 0.6) is 11.5 Å². The zero-order valence-corrected chi connectivity index (χ0v) is 16.0. The lowest BCUT2D eigenvalue weighted by atomic mass is 10.3. The van der Waals surface area contributed by atoms with Gasteiger partial charge in [0.25, 0.3) is 10.0 Å². The second kappa shape index (κ2) is 7.99. The quantitative estimate of drug-likeness (QED) is 0.645. The summed E-state index contributed by atoms with van der Waals surface area (Å²) in [6.07, 6.45) is 1.48. The van der Waals surface area contributed by atoms with Crippen LogP contribution in [0.25, 0.3) is 0 Å². The molecule has 134 valence electrons. The molecule has 0 aliphatic heterocycles. The van der Waals surface area contributed by atoms with Crippen LogP contribution in [0.2, 0.25) is 10.0 Å². The molecule has 0 N–H and O–H groups in total. The largest absolute Gasteiger partial charge is 0.497 e. The van der Waals surface area contributed by atoms with Crippen LogP contribution >= 0.6 is 23.2 Å². The third kappa shape index (κ3) is 3.86. The van der Waals surface area contributed by atoms with E-state index < -0.39 is 10.0 Å². The minimum atomic E-state index is -3.98. The van der Waals surface area contributed by atoms with Gasteiger partial charge < -0.3 is 9.47 Å². The maximum atomic E-state index is 13.1. The fraction of sp³-hybridized carbons (Fsp3) is 0.176. The highest BCUT2D eigenvalue weighted by Crippen LogP contribution is 2.38. The molecule has 0 aliphatic carbocycles. The second-order valence-electron chi connectivity index (χ2n) is 4.92. The maximum Gasteiger partial charge on any atom is 0.266 e. The zero-order valence-electron chi connectivity index (χ0n) is 13.7. The van der Waals surface area contributed by atoms with E-state index >= 15 is 0 Å². The molecule has 0 unspecified atom stereocenters. The van der Waals surface area contributed by atoms with E-state index in [9.17, 15) is 8.42 Å². The molecule has 0 spiro atoms. The Morgan fingerprint density at radius 3 is 2.44 bits per heavy atom. The van der Waals surface area contributed by atoms with Crippen molar-refractivity contribution >= 4 is 38.9 Å². The van der Waals surface area contributed by atoms with Crippen LogP contribution in [-0.2, 0) is 10.0 Å². The topological polar surface area (TPSA) is 55.8 Å². The van der Waals surface area contributed by atoms with Crippen LogP contribution in [0.3, 0.4) is 0 Å². The summed E-state index contributed by atoms with van der Waals surface area (Å²) in [5.41, 5.74) is 0.419. The first-order chi connectivity index (χ1) is 11.9. The monoisotopic (exact) mass is 401 g/mol. The van der Waals surface area contributed by atoms with Gasteiger partial charge >= 0.3 is 0 Å². The van der Waals surface area contributed by atoms with Crippen LogP contribution in [-0.4, -0.2) is 29.2 Å². The van der Waals surface area contributed by atoms with Crippen molar-refractivity contribution in [2.24, 2.45) is 0 Å². The first kappa shape index (κ1) is 19.4. The van der Waals surface area contributed by atoms with Crippen molar-refractivity contribution in [3.8, 4) is 11.5 Å². The third-order valence-electron chi connectivity index (χ3n) is 3.44.